The lowest BCUT2D eigenvalue weighted by atomic mass is 9.97. The van der Waals surface area contributed by atoms with Crippen LogP contribution in [0.5, 0.6) is 5.75 Å². The molecule has 0 heterocycles. The van der Waals surface area contributed by atoms with Crippen LogP contribution in [0, 0.1) is 0 Å². The van der Waals surface area contributed by atoms with Gasteiger partial charge >= 0.3 is 0 Å². The Bertz CT molecular complexity index is 428. The fraction of sp³-hybridized carbons (Fsp3) is 0.429. The van der Waals surface area contributed by atoms with Crippen LogP contribution in [0.3, 0.4) is 0 Å². The van der Waals surface area contributed by atoms with Crippen molar-refractivity contribution in [2.45, 2.75) is 25.3 Å². The number of methoxy groups -OCH3 is 1. The summed E-state index contributed by atoms with van der Waals surface area (Å²) < 4.78 is 5.42. The standard InChI is InChI=1S/C14H18ClNO/c1-16-14(10-5-3-4-6-10)12-8-7-11(15)9-13(12)17-2/h5,7-9,14,16H,3-4,6H2,1-2H3. The number of likely N-dealkylation sites (N-methyl/N-ethyl adjacent to an activating group) is 1. The SMILES string of the molecule is CNC(C1=CCCC1)c1ccc(Cl)cc1OC. The monoisotopic (exact) mass is 251 g/mol. The zero-order valence-electron chi connectivity index (χ0n) is 10.3. The van der Waals surface area contributed by atoms with E-state index >= 15 is 0 Å². The maximum Gasteiger partial charge on any atom is 0.125 e. The zero-order valence-corrected chi connectivity index (χ0v) is 11.1. The van der Waals surface area contributed by atoms with Gasteiger partial charge in [0.15, 0.2) is 0 Å². The van der Waals surface area contributed by atoms with E-state index in [2.05, 4.69) is 11.4 Å². The predicted octanol–water partition coefficient (Wildman–Crippen LogP) is 3.72. The predicted molar refractivity (Wildman–Crippen MR) is 71.7 cm³/mol. The number of halogens is 1. The van der Waals surface area contributed by atoms with Gasteiger partial charge in [-0.2, -0.15) is 0 Å². The molecule has 0 saturated carbocycles. The number of hydrogen-bond donors (Lipinski definition) is 1. The molecule has 1 aliphatic rings. The van der Waals surface area contributed by atoms with Crippen molar-refractivity contribution < 1.29 is 4.74 Å². The van der Waals surface area contributed by atoms with Gasteiger partial charge in [-0.3, -0.25) is 0 Å². The summed E-state index contributed by atoms with van der Waals surface area (Å²) in [5.41, 5.74) is 2.61. The Balaban J connectivity index is 2.36. The van der Waals surface area contributed by atoms with Crippen LogP contribution in [0.2, 0.25) is 5.02 Å². The lowest BCUT2D eigenvalue weighted by Crippen LogP contribution is -2.18. The Hall–Kier alpha value is -0.990. The Kier molecular flexibility index (Phi) is 4.08. The van der Waals surface area contributed by atoms with Gasteiger partial charge in [0.05, 0.1) is 13.2 Å². The van der Waals surface area contributed by atoms with E-state index in [4.69, 9.17) is 16.3 Å². The number of hydrogen-bond acceptors (Lipinski definition) is 2. The molecular formula is C14H18ClNO. The number of nitrogens with one attached hydrogen (secondary N) is 1. The number of allylic oxidation sites excluding steroid dienone is 1. The van der Waals surface area contributed by atoms with Crippen molar-refractivity contribution in [2.24, 2.45) is 0 Å². The Morgan fingerprint density at radius 3 is 2.82 bits per heavy atom. The van der Waals surface area contributed by atoms with Gasteiger partial charge in [-0.05, 0) is 38.4 Å². The van der Waals surface area contributed by atoms with Gasteiger partial charge < -0.3 is 10.1 Å². The van der Waals surface area contributed by atoms with E-state index in [1.807, 2.05) is 25.2 Å². The fourth-order valence-electron chi connectivity index (χ4n) is 2.42. The molecule has 0 fully saturated rings. The molecule has 1 unspecified atom stereocenters. The molecule has 92 valence electrons. The number of benzene rings is 1. The summed E-state index contributed by atoms with van der Waals surface area (Å²) in [6.45, 7) is 0. The van der Waals surface area contributed by atoms with Gasteiger partial charge in [-0.15, -0.1) is 0 Å². The van der Waals surface area contributed by atoms with Crippen LogP contribution in [0.1, 0.15) is 30.9 Å². The second kappa shape index (κ2) is 5.56. The highest BCUT2D eigenvalue weighted by molar-refractivity contribution is 6.30. The maximum absolute atomic E-state index is 5.99. The molecule has 0 radical (unpaired) electrons. The molecule has 1 aromatic rings. The van der Waals surface area contributed by atoms with Crippen molar-refractivity contribution in [2.75, 3.05) is 14.2 Å². The molecule has 0 saturated heterocycles. The molecule has 2 rings (SSSR count). The first-order chi connectivity index (χ1) is 8.26. The van der Waals surface area contributed by atoms with Crippen LogP contribution >= 0.6 is 11.6 Å². The van der Waals surface area contributed by atoms with Gasteiger partial charge in [0.1, 0.15) is 5.75 Å². The third-order valence-corrected chi connectivity index (χ3v) is 3.48. The van der Waals surface area contributed by atoms with Crippen molar-refractivity contribution in [1.29, 1.82) is 0 Å². The van der Waals surface area contributed by atoms with Crippen LogP contribution in [-0.2, 0) is 0 Å². The summed E-state index contributed by atoms with van der Waals surface area (Å²) in [6, 6.07) is 6.07. The molecule has 0 amide bonds. The van der Waals surface area contributed by atoms with Gasteiger partial charge in [0, 0.05) is 10.6 Å². The average Bonchev–Trinajstić information content (AvgIpc) is 2.85. The van der Waals surface area contributed by atoms with E-state index in [0.717, 1.165) is 17.7 Å². The van der Waals surface area contributed by atoms with Crippen LogP contribution in [0.15, 0.2) is 29.8 Å². The van der Waals surface area contributed by atoms with Gasteiger partial charge in [-0.25, -0.2) is 0 Å². The van der Waals surface area contributed by atoms with Crippen molar-refractivity contribution in [3.63, 3.8) is 0 Å². The topological polar surface area (TPSA) is 21.3 Å². The van der Waals surface area contributed by atoms with E-state index in [1.165, 1.54) is 18.4 Å². The van der Waals surface area contributed by atoms with E-state index in [0.29, 0.717) is 5.02 Å². The van der Waals surface area contributed by atoms with Crippen molar-refractivity contribution >= 4 is 11.6 Å². The Morgan fingerprint density at radius 2 is 2.24 bits per heavy atom. The summed E-state index contributed by atoms with van der Waals surface area (Å²) >= 11 is 5.99. The summed E-state index contributed by atoms with van der Waals surface area (Å²) in [6.07, 6.45) is 5.93. The first kappa shape index (κ1) is 12.5. The van der Waals surface area contributed by atoms with Crippen molar-refractivity contribution in [3.8, 4) is 5.75 Å². The van der Waals surface area contributed by atoms with E-state index < -0.39 is 0 Å². The third-order valence-electron chi connectivity index (χ3n) is 3.24. The largest absolute Gasteiger partial charge is 0.496 e. The lowest BCUT2D eigenvalue weighted by molar-refractivity contribution is 0.404. The minimum atomic E-state index is 0.240. The maximum atomic E-state index is 5.99. The fourth-order valence-corrected chi connectivity index (χ4v) is 2.58. The second-order valence-corrected chi connectivity index (χ2v) is 4.72. The zero-order chi connectivity index (χ0) is 12.3. The minimum Gasteiger partial charge on any atom is -0.496 e. The van der Waals surface area contributed by atoms with Crippen molar-refractivity contribution in [1.82, 2.24) is 5.32 Å². The highest BCUT2D eigenvalue weighted by atomic mass is 35.5. The molecular weight excluding hydrogens is 234 g/mol. The van der Waals surface area contributed by atoms with Crippen LogP contribution in [0.25, 0.3) is 0 Å². The quantitative estimate of drug-likeness (QED) is 0.824. The molecule has 0 bridgehead atoms. The summed E-state index contributed by atoms with van der Waals surface area (Å²) in [5.74, 6) is 0.852. The average molecular weight is 252 g/mol. The molecule has 2 nitrogen and oxygen atoms in total. The summed E-state index contributed by atoms with van der Waals surface area (Å²) in [5, 5.41) is 4.07. The smallest absolute Gasteiger partial charge is 0.125 e. The molecule has 1 aliphatic carbocycles. The Labute approximate surface area is 108 Å². The normalized spacial score (nSPS) is 16.8. The van der Waals surface area contributed by atoms with E-state index in [1.54, 1.807) is 7.11 Å². The number of ether oxygens (including phenoxy) is 1. The highest BCUT2D eigenvalue weighted by Crippen LogP contribution is 2.36. The molecule has 1 atom stereocenters. The van der Waals surface area contributed by atoms with Crippen LogP contribution < -0.4 is 10.1 Å². The first-order valence-electron chi connectivity index (χ1n) is 5.96. The van der Waals surface area contributed by atoms with Gasteiger partial charge in [0.2, 0.25) is 0 Å². The summed E-state index contributed by atoms with van der Waals surface area (Å²) in [4.78, 5) is 0. The van der Waals surface area contributed by atoms with Crippen LogP contribution in [0.4, 0.5) is 0 Å². The minimum absolute atomic E-state index is 0.240. The van der Waals surface area contributed by atoms with Crippen molar-refractivity contribution in [3.05, 3.63) is 40.4 Å². The molecule has 3 heteroatoms. The lowest BCUT2D eigenvalue weighted by Gasteiger charge is -2.21. The Morgan fingerprint density at radius 1 is 1.41 bits per heavy atom. The molecule has 0 aliphatic heterocycles. The molecule has 1 N–H and O–H groups in total. The highest BCUT2D eigenvalue weighted by Gasteiger charge is 2.20. The van der Waals surface area contributed by atoms with Crippen LogP contribution in [-0.4, -0.2) is 14.2 Å². The van der Waals surface area contributed by atoms with E-state index in [9.17, 15) is 0 Å². The number of rotatable bonds is 4. The molecule has 0 aromatic heterocycles. The second-order valence-electron chi connectivity index (χ2n) is 4.28. The van der Waals surface area contributed by atoms with E-state index in [-0.39, 0.29) is 6.04 Å². The third kappa shape index (κ3) is 2.64. The first-order valence-corrected chi connectivity index (χ1v) is 6.33. The van der Waals surface area contributed by atoms with Gasteiger partial charge in [0.25, 0.3) is 0 Å². The molecule has 1 aromatic carbocycles. The molecule has 0 spiro atoms. The summed E-state index contributed by atoms with van der Waals surface area (Å²) in [7, 11) is 3.67. The van der Waals surface area contributed by atoms with Gasteiger partial charge in [-0.1, -0.05) is 29.3 Å². The molecule has 17 heavy (non-hydrogen) atoms.